The van der Waals surface area contributed by atoms with E-state index < -0.39 is 10.0 Å². The molecule has 0 radical (unpaired) electrons. The van der Waals surface area contributed by atoms with Crippen molar-refractivity contribution in [2.24, 2.45) is 5.92 Å². The molecule has 132 valence electrons. The summed E-state index contributed by atoms with van der Waals surface area (Å²) >= 11 is 0. The van der Waals surface area contributed by atoms with Crippen molar-refractivity contribution in [1.29, 1.82) is 0 Å². The monoisotopic (exact) mass is 352 g/mol. The zero-order valence-corrected chi connectivity index (χ0v) is 14.7. The van der Waals surface area contributed by atoms with Crippen molar-refractivity contribution < 1.29 is 17.9 Å². The molecule has 0 aromatic heterocycles. The molecule has 3 rings (SSSR count). The van der Waals surface area contributed by atoms with Crippen LogP contribution in [0, 0.1) is 5.92 Å². The van der Waals surface area contributed by atoms with E-state index in [0.29, 0.717) is 31.1 Å². The average molecular weight is 352 g/mol. The zero-order valence-electron chi connectivity index (χ0n) is 13.9. The predicted octanol–water partition coefficient (Wildman–Crippen LogP) is 1.63. The summed E-state index contributed by atoms with van der Waals surface area (Å²) in [6, 6.07) is 6.99. The van der Waals surface area contributed by atoms with Gasteiger partial charge in [-0.1, -0.05) is 0 Å². The van der Waals surface area contributed by atoms with E-state index in [9.17, 15) is 13.2 Å². The fraction of sp³-hybridized carbons (Fsp3) is 0.588. The minimum absolute atomic E-state index is 0.106. The standard InChI is InChI=1S/C17H24N2O4S/c1-23-15-4-2-14(3-5-15)17(20)18-12-13-8-10-19(11-9-13)24(21,22)16-6-7-16/h2-5,13,16H,6-12H2,1H3,(H,18,20). The molecular formula is C17H24N2O4S. The number of hydrogen-bond acceptors (Lipinski definition) is 4. The SMILES string of the molecule is COc1ccc(C(=O)NCC2CCN(S(=O)(=O)C3CC3)CC2)cc1. The Labute approximate surface area is 143 Å². The van der Waals surface area contributed by atoms with E-state index in [1.807, 2.05) is 0 Å². The number of methoxy groups -OCH3 is 1. The van der Waals surface area contributed by atoms with Crippen LogP contribution in [-0.4, -0.2) is 50.6 Å². The molecule has 1 saturated heterocycles. The first-order valence-corrected chi connectivity index (χ1v) is 9.92. The molecule has 7 heteroatoms. The molecule has 0 atom stereocenters. The number of amides is 1. The van der Waals surface area contributed by atoms with E-state index >= 15 is 0 Å². The molecule has 1 N–H and O–H groups in total. The Morgan fingerprint density at radius 2 is 1.79 bits per heavy atom. The van der Waals surface area contributed by atoms with Gasteiger partial charge >= 0.3 is 0 Å². The minimum atomic E-state index is -3.06. The number of nitrogens with zero attached hydrogens (tertiary/aromatic N) is 1. The predicted molar refractivity (Wildman–Crippen MR) is 91.6 cm³/mol. The van der Waals surface area contributed by atoms with Gasteiger partial charge in [0.05, 0.1) is 12.4 Å². The lowest BCUT2D eigenvalue weighted by molar-refractivity contribution is 0.0941. The largest absolute Gasteiger partial charge is 0.497 e. The fourth-order valence-corrected chi connectivity index (χ4v) is 4.90. The number of piperidine rings is 1. The van der Waals surface area contributed by atoms with E-state index in [1.165, 1.54) is 0 Å². The Morgan fingerprint density at radius 3 is 2.33 bits per heavy atom. The molecule has 2 fully saturated rings. The first-order chi connectivity index (χ1) is 11.5. The maximum atomic E-state index is 12.2. The first kappa shape index (κ1) is 17.2. The molecular weight excluding hydrogens is 328 g/mol. The van der Waals surface area contributed by atoms with Gasteiger partial charge in [0.25, 0.3) is 5.91 Å². The first-order valence-electron chi connectivity index (χ1n) is 8.42. The summed E-state index contributed by atoms with van der Waals surface area (Å²) in [5.41, 5.74) is 0.601. The molecule has 0 bridgehead atoms. The fourth-order valence-electron chi connectivity index (χ4n) is 3.03. The van der Waals surface area contributed by atoms with Gasteiger partial charge in [-0.2, -0.15) is 0 Å². The number of carbonyl (C=O) groups is 1. The number of carbonyl (C=O) groups excluding carboxylic acids is 1. The summed E-state index contributed by atoms with van der Waals surface area (Å²) in [5, 5.41) is 2.81. The molecule has 2 aliphatic rings. The van der Waals surface area contributed by atoms with E-state index in [2.05, 4.69) is 5.32 Å². The third-order valence-electron chi connectivity index (χ3n) is 4.78. The Kier molecular flexibility index (Phi) is 5.10. The Morgan fingerprint density at radius 1 is 1.17 bits per heavy atom. The molecule has 24 heavy (non-hydrogen) atoms. The highest BCUT2D eigenvalue weighted by atomic mass is 32.2. The third-order valence-corrected chi connectivity index (χ3v) is 7.18. The molecule has 1 aliphatic carbocycles. The van der Waals surface area contributed by atoms with Crippen LogP contribution in [-0.2, 0) is 10.0 Å². The van der Waals surface area contributed by atoms with Crippen molar-refractivity contribution in [3.05, 3.63) is 29.8 Å². The van der Waals surface area contributed by atoms with Crippen molar-refractivity contribution in [3.63, 3.8) is 0 Å². The van der Waals surface area contributed by atoms with Gasteiger partial charge in [-0.15, -0.1) is 0 Å². The van der Waals surface area contributed by atoms with Crippen LogP contribution in [0.3, 0.4) is 0 Å². The Bertz CT molecular complexity index is 675. The summed E-state index contributed by atoms with van der Waals surface area (Å²) in [6.07, 6.45) is 3.21. The van der Waals surface area contributed by atoms with Crippen LogP contribution in [0.4, 0.5) is 0 Å². The van der Waals surface area contributed by atoms with E-state index in [0.717, 1.165) is 31.4 Å². The van der Waals surface area contributed by atoms with E-state index in [1.54, 1.807) is 35.7 Å². The highest BCUT2D eigenvalue weighted by Gasteiger charge is 2.41. The molecule has 0 spiro atoms. The smallest absolute Gasteiger partial charge is 0.251 e. The number of hydrogen-bond donors (Lipinski definition) is 1. The van der Waals surface area contributed by atoms with Gasteiger partial charge in [0.2, 0.25) is 10.0 Å². The zero-order chi connectivity index (χ0) is 17.2. The molecule has 1 aliphatic heterocycles. The normalized spacial score (nSPS) is 19.9. The summed E-state index contributed by atoms with van der Waals surface area (Å²) in [6.45, 7) is 1.73. The van der Waals surface area contributed by atoms with Crippen molar-refractivity contribution in [1.82, 2.24) is 9.62 Å². The molecule has 1 aromatic carbocycles. The Hall–Kier alpha value is -1.60. The van der Waals surface area contributed by atoms with Crippen molar-refractivity contribution in [2.45, 2.75) is 30.9 Å². The quantitative estimate of drug-likeness (QED) is 0.844. The number of ether oxygens (including phenoxy) is 1. The summed E-state index contributed by atoms with van der Waals surface area (Å²) in [5.74, 6) is 0.944. The third kappa shape index (κ3) is 3.89. The molecule has 0 unspecified atom stereocenters. The maximum Gasteiger partial charge on any atom is 0.251 e. The number of rotatable bonds is 6. The van der Waals surface area contributed by atoms with Gasteiger partial charge < -0.3 is 10.1 Å². The van der Waals surface area contributed by atoms with Crippen LogP contribution in [0.15, 0.2) is 24.3 Å². The number of sulfonamides is 1. The molecule has 6 nitrogen and oxygen atoms in total. The second kappa shape index (κ2) is 7.11. The molecule has 1 heterocycles. The van der Waals surface area contributed by atoms with Gasteiger partial charge in [0, 0.05) is 25.2 Å². The van der Waals surface area contributed by atoms with Crippen LogP contribution < -0.4 is 10.1 Å². The topological polar surface area (TPSA) is 75.7 Å². The van der Waals surface area contributed by atoms with Crippen LogP contribution >= 0.6 is 0 Å². The van der Waals surface area contributed by atoms with Gasteiger partial charge in [0.15, 0.2) is 0 Å². The van der Waals surface area contributed by atoms with Crippen LogP contribution in [0.25, 0.3) is 0 Å². The summed E-state index contributed by atoms with van der Waals surface area (Å²) in [7, 11) is -1.47. The van der Waals surface area contributed by atoms with Crippen LogP contribution in [0.2, 0.25) is 0 Å². The average Bonchev–Trinajstić information content (AvgIpc) is 3.46. The van der Waals surface area contributed by atoms with Crippen molar-refractivity contribution >= 4 is 15.9 Å². The summed E-state index contributed by atoms with van der Waals surface area (Å²) in [4.78, 5) is 12.1. The highest BCUT2D eigenvalue weighted by molar-refractivity contribution is 7.90. The molecule has 1 saturated carbocycles. The Balaban J connectivity index is 1.45. The van der Waals surface area contributed by atoms with Crippen LogP contribution in [0.5, 0.6) is 5.75 Å². The lowest BCUT2D eigenvalue weighted by Crippen LogP contribution is -2.42. The van der Waals surface area contributed by atoms with Gasteiger partial charge in [-0.25, -0.2) is 12.7 Å². The molecule has 1 aromatic rings. The minimum Gasteiger partial charge on any atom is -0.497 e. The van der Waals surface area contributed by atoms with Crippen LogP contribution in [0.1, 0.15) is 36.0 Å². The van der Waals surface area contributed by atoms with E-state index in [-0.39, 0.29) is 11.2 Å². The summed E-state index contributed by atoms with van der Waals surface area (Å²) < 4.78 is 31.1. The second-order valence-corrected chi connectivity index (χ2v) is 8.74. The van der Waals surface area contributed by atoms with Crippen molar-refractivity contribution in [2.75, 3.05) is 26.7 Å². The van der Waals surface area contributed by atoms with Crippen molar-refractivity contribution in [3.8, 4) is 5.75 Å². The lowest BCUT2D eigenvalue weighted by Gasteiger charge is -2.31. The van der Waals surface area contributed by atoms with Gasteiger partial charge in [-0.05, 0) is 55.9 Å². The van der Waals surface area contributed by atoms with Gasteiger partial charge in [-0.3, -0.25) is 4.79 Å². The molecule has 1 amide bonds. The van der Waals surface area contributed by atoms with E-state index in [4.69, 9.17) is 4.74 Å². The second-order valence-electron chi connectivity index (χ2n) is 6.53. The van der Waals surface area contributed by atoms with Gasteiger partial charge in [0.1, 0.15) is 5.75 Å². The number of benzene rings is 1. The number of nitrogens with one attached hydrogen (secondary N) is 1. The highest BCUT2D eigenvalue weighted by Crippen LogP contribution is 2.33. The lowest BCUT2D eigenvalue weighted by atomic mass is 9.98. The maximum absolute atomic E-state index is 12.2.